The van der Waals surface area contributed by atoms with Crippen molar-refractivity contribution in [1.82, 2.24) is 9.66 Å². The third-order valence-corrected chi connectivity index (χ3v) is 4.44. The van der Waals surface area contributed by atoms with Gasteiger partial charge in [0.25, 0.3) is 5.56 Å². The lowest BCUT2D eigenvalue weighted by Gasteiger charge is -1.95. The summed E-state index contributed by atoms with van der Waals surface area (Å²) >= 11 is 1.49. The molecular formula is C17H11N3O2S. The first kappa shape index (κ1) is 13.7. The zero-order valence-electron chi connectivity index (χ0n) is 11.9. The Morgan fingerprint density at radius 2 is 2.04 bits per heavy atom. The molecule has 3 aromatic heterocycles. The second-order valence-electron chi connectivity index (χ2n) is 4.85. The lowest BCUT2D eigenvalue weighted by molar-refractivity contribution is 0.559. The Morgan fingerprint density at radius 3 is 2.83 bits per heavy atom. The summed E-state index contributed by atoms with van der Waals surface area (Å²) in [7, 11) is 0. The van der Waals surface area contributed by atoms with Gasteiger partial charge in [-0.15, -0.1) is 11.3 Å². The maximum Gasteiger partial charge on any atom is 0.282 e. The molecule has 0 N–H and O–H groups in total. The molecule has 0 spiro atoms. The van der Waals surface area contributed by atoms with Crippen molar-refractivity contribution in [3.05, 3.63) is 77.2 Å². The first-order valence-electron chi connectivity index (χ1n) is 6.96. The molecule has 0 aliphatic rings. The zero-order chi connectivity index (χ0) is 15.6. The standard InChI is InChI=1S/C17H11N3O2S/c21-17-14-9-15(12-5-2-1-3-6-12)23-16(14)18-11-20(17)19-10-13-7-4-8-22-13/h1-11H/b19-10-. The van der Waals surface area contributed by atoms with Gasteiger partial charge in [0.2, 0.25) is 0 Å². The topological polar surface area (TPSA) is 60.4 Å². The predicted molar refractivity (Wildman–Crippen MR) is 91.0 cm³/mol. The van der Waals surface area contributed by atoms with Crippen molar-refractivity contribution < 1.29 is 4.42 Å². The molecule has 4 aromatic rings. The first-order chi connectivity index (χ1) is 11.3. The van der Waals surface area contributed by atoms with Crippen LogP contribution in [-0.4, -0.2) is 15.9 Å². The van der Waals surface area contributed by atoms with Crippen LogP contribution in [0.15, 0.2) is 75.4 Å². The van der Waals surface area contributed by atoms with E-state index in [9.17, 15) is 4.79 Å². The molecule has 0 amide bonds. The van der Waals surface area contributed by atoms with Crippen LogP contribution in [0.25, 0.3) is 20.7 Å². The number of rotatable bonds is 3. The third-order valence-electron chi connectivity index (χ3n) is 3.35. The molecule has 6 heteroatoms. The van der Waals surface area contributed by atoms with Crippen LogP contribution in [0, 0.1) is 0 Å². The second-order valence-corrected chi connectivity index (χ2v) is 5.88. The van der Waals surface area contributed by atoms with Gasteiger partial charge < -0.3 is 4.42 Å². The average molecular weight is 321 g/mol. The largest absolute Gasteiger partial charge is 0.463 e. The van der Waals surface area contributed by atoms with Crippen LogP contribution in [0.2, 0.25) is 0 Å². The molecule has 0 radical (unpaired) electrons. The van der Waals surface area contributed by atoms with Gasteiger partial charge in [0.15, 0.2) is 0 Å². The molecule has 0 aliphatic carbocycles. The summed E-state index contributed by atoms with van der Waals surface area (Å²) in [6, 6.07) is 15.3. The summed E-state index contributed by atoms with van der Waals surface area (Å²) in [5.74, 6) is 0.576. The number of hydrogen-bond acceptors (Lipinski definition) is 5. The van der Waals surface area contributed by atoms with Crippen molar-refractivity contribution >= 4 is 27.8 Å². The smallest absolute Gasteiger partial charge is 0.282 e. The number of thiophene rings is 1. The quantitative estimate of drug-likeness (QED) is 0.542. The minimum Gasteiger partial charge on any atom is -0.463 e. The van der Waals surface area contributed by atoms with E-state index in [-0.39, 0.29) is 5.56 Å². The van der Waals surface area contributed by atoms with Gasteiger partial charge in [-0.3, -0.25) is 4.79 Å². The van der Waals surface area contributed by atoms with Crippen molar-refractivity contribution in [2.75, 3.05) is 0 Å². The number of benzene rings is 1. The van der Waals surface area contributed by atoms with Gasteiger partial charge in [-0.05, 0) is 23.8 Å². The fourth-order valence-corrected chi connectivity index (χ4v) is 3.22. The van der Waals surface area contributed by atoms with E-state index in [0.717, 1.165) is 10.4 Å². The first-order valence-corrected chi connectivity index (χ1v) is 7.77. The van der Waals surface area contributed by atoms with Crippen LogP contribution in [-0.2, 0) is 0 Å². The minimum absolute atomic E-state index is 0.198. The van der Waals surface area contributed by atoms with E-state index < -0.39 is 0 Å². The Labute approximate surface area is 135 Å². The lowest BCUT2D eigenvalue weighted by atomic mass is 10.2. The zero-order valence-corrected chi connectivity index (χ0v) is 12.7. The molecule has 0 saturated heterocycles. The number of furan rings is 1. The highest BCUT2D eigenvalue weighted by atomic mass is 32.1. The van der Waals surface area contributed by atoms with Gasteiger partial charge in [-0.1, -0.05) is 30.3 Å². The molecular weight excluding hydrogens is 310 g/mol. The second kappa shape index (κ2) is 5.66. The summed E-state index contributed by atoms with van der Waals surface area (Å²) in [6.45, 7) is 0. The van der Waals surface area contributed by atoms with E-state index in [2.05, 4.69) is 10.1 Å². The highest BCUT2D eigenvalue weighted by Gasteiger charge is 2.09. The summed E-state index contributed by atoms with van der Waals surface area (Å²) in [6.07, 6.45) is 4.46. The van der Waals surface area contributed by atoms with Gasteiger partial charge in [-0.25, -0.2) is 4.98 Å². The van der Waals surface area contributed by atoms with Gasteiger partial charge in [-0.2, -0.15) is 9.78 Å². The highest BCUT2D eigenvalue weighted by molar-refractivity contribution is 7.21. The SMILES string of the molecule is O=c1c2cc(-c3ccccc3)sc2ncn1/N=C\c1ccco1. The summed E-state index contributed by atoms with van der Waals surface area (Å²) < 4.78 is 6.38. The van der Waals surface area contributed by atoms with E-state index in [1.807, 2.05) is 36.4 Å². The van der Waals surface area contributed by atoms with E-state index in [1.165, 1.54) is 28.6 Å². The molecule has 23 heavy (non-hydrogen) atoms. The molecule has 0 fully saturated rings. The average Bonchev–Trinajstić information content (AvgIpc) is 3.25. The maximum atomic E-state index is 12.5. The van der Waals surface area contributed by atoms with Crippen molar-refractivity contribution in [3.63, 3.8) is 0 Å². The molecule has 0 unspecified atom stereocenters. The molecule has 0 bridgehead atoms. The van der Waals surface area contributed by atoms with Gasteiger partial charge in [0.1, 0.15) is 16.9 Å². The van der Waals surface area contributed by atoms with E-state index in [1.54, 1.807) is 18.4 Å². The Bertz CT molecular complexity index is 1030. The monoisotopic (exact) mass is 321 g/mol. The third kappa shape index (κ3) is 2.60. The van der Waals surface area contributed by atoms with Crippen molar-refractivity contribution in [1.29, 1.82) is 0 Å². The predicted octanol–water partition coefficient (Wildman–Crippen LogP) is 3.60. The van der Waals surface area contributed by atoms with Gasteiger partial charge in [0, 0.05) is 4.88 Å². The molecule has 5 nitrogen and oxygen atoms in total. The van der Waals surface area contributed by atoms with Crippen LogP contribution in [0.4, 0.5) is 0 Å². The van der Waals surface area contributed by atoms with Crippen LogP contribution < -0.4 is 5.56 Å². The van der Waals surface area contributed by atoms with Crippen LogP contribution in [0.5, 0.6) is 0 Å². The molecule has 4 rings (SSSR count). The fraction of sp³-hybridized carbons (Fsp3) is 0. The van der Waals surface area contributed by atoms with Crippen molar-refractivity contribution in [3.8, 4) is 10.4 Å². The molecule has 3 heterocycles. The maximum absolute atomic E-state index is 12.5. The fourth-order valence-electron chi connectivity index (χ4n) is 2.22. The van der Waals surface area contributed by atoms with E-state index >= 15 is 0 Å². The highest BCUT2D eigenvalue weighted by Crippen LogP contribution is 2.30. The Balaban J connectivity index is 1.78. The molecule has 0 saturated carbocycles. The molecule has 112 valence electrons. The summed E-state index contributed by atoms with van der Waals surface area (Å²) in [4.78, 5) is 18.6. The minimum atomic E-state index is -0.198. The Kier molecular flexibility index (Phi) is 3.36. The van der Waals surface area contributed by atoms with Gasteiger partial charge >= 0.3 is 0 Å². The van der Waals surface area contributed by atoms with Crippen LogP contribution >= 0.6 is 11.3 Å². The van der Waals surface area contributed by atoms with E-state index in [4.69, 9.17) is 4.42 Å². The molecule has 0 atom stereocenters. The van der Waals surface area contributed by atoms with Crippen LogP contribution in [0.1, 0.15) is 5.76 Å². The number of nitrogens with zero attached hydrogens (tertiary/aromatic N) is 3. The Morgan fingerprint density at radius 1 is 1.17 bits per heavy atom. The van der Waals surface area contributed by atoms with Crippen molar-refractivity contribution in [2.45, 2.75) is 0 Å². The molecule has 0 aliphatic heterocycles. The summed E-state index contributed by atoms with van der Waals surface area (Å²) in [5.41, 5.74) is 0.872. The normalized spacial score (nSPS) is 11.5. The van der Waals surface area contributed by atoms with Crippen LogP contribution in [0.3, 0.4) is 0 Å². The summed E-state index contributed by atoms with van der Waals surface area (Å²) in [5, 5.41) is 4.67. The molecule has 1 aromatic carbocycles. The number of hydrogen-bond donors (Lipinski definition) is 0. The number of aromatic nitrogens is 2. The van der Waals surface area contributed by atoms with Crippen molar-refractivity contribution in [2.24, 2.45) is 5.10 Å². The van der Waals surface area contributed by atoms with Gasteiger partial charge in [0.05, 0.1) is 17.9 Å². The lowest BCUT2D eigenvalue weighted by Crippen LogP contribution is -2.16. The van der Waals surface area contributed by atoms with E-state index in [0.29, 0.717) is 16.0 Å². The number of fused-ring (bicyclic) bond motifs is 1. The Hall–Kier alpha value is -2.99.